The van der Waals surface area contributed by atoms with E-state index in [1.54, 1.807) is 6.07 Å². The topological polar surface area (TPSA) is 92.3 Å². The van der Waals surface area contributed by atoms with E-state index in [1.165, 1.54) is 36.9 Å². The zero-order valence-corrected chi connectivity index (χ0v) is 26.2. The molecule has 0 saturated heterocycles. The molecule has 37 heavy (non-hydrogen) atoms. The maximum atomic E-state index is 15.1. The summed E-state index contributed by atoms with van der Waals surface area (Å²) in [5.41, 5.74) is -1.11. The Morgan fingerprint density at radius 3 is 2.35 bits per heavy atom. The van der Waals surface area contributed by atoms with Gasteiger partial charge < -0.3 is 8.99 Å². The minimum Gasteiger partial charge on any atom is -0.417 e. The fourth-order valence-electron chi connectivity index (χ4n) is 4.38. The molecular weight excluding hydrogens is 628 g/mol. The van der Waals surface area contributed by atoms with Gasteiger partial charge in [0, 0.05) is 29.0 Å². The number of imidazole rings is 1. The fraction of sp³-hybridized carbons (Fsp3) is 0.520. The number of hydrogen-bond donors (Lipinski definition) is 0. The average Bonchev–Trinajstić information content (AvgIpc) is 3.50. The first kappa shape index (κ1) is 28.2. The molecular formula is C25H33FIN3O5SSi. The van der Waals surface area contributed by atoms with Gasteiger partial charge in [0.2, 0.25) is 10.0 Å². The van der Waals surface area contributed by atoms with Crippen LogP contribution >= 0.6 is 22.6 Å². The quantitative estimate of drug-likeness (QED) is 0.271. The summed E-state index contributed by atoms with van der Waals surface area (Å²) in [7, 11) is -4.80. The molecule has 0 N–H and O–H groups in total. The van der Waals surface area contributed by atoms with E-state index in [0.717, 1.165) is 8.54 Å². The molecule has 8 nitrogen and oxygen atoms in total. The van der Waals surface area contributed by atoms with E-state index >= 15 is 4.39 Å². The van der Waals surface area contributed by atoms with E-state index in [0.29, 0.717) is 16.4 Å². The number of benzene rings is 1. The highest BCUT2D eigenvalue weighted by atomic mass is 127. The Bertz CT molecular complexity index is 1630. The Balaban J connectivity index is 1.89. The summed E-state index contributed by atoms with van der Waals surface area (Å²) in [5.74, 6) is -0.686. The summed E-state index contributed by atoms with van der Waals surface area (Å²) < 4.78 is 52.1. The Morgan fingerprint density at radius 1 is 1.19 bits per heavy atom. The predicted octanol–water partition coefficient (Wildman–Crippen LogP) is 4.67. The number of aromatic nitrogens is 3. The molecule has 4 rings (SSSR count). The summed E-state index contributed by atoms with van der Waals surface area (Å²) in [6.07, 6.45) is 2.40. The van der Waals surface area contributed by atoms with Gasteiger partial charge in [-0.25, -0.2) is 17.6 Å². The van der Waals surface area contributed by atoms with Crippen LogP contribution in [0.15, 0.2) is 34.0 Å². The fourth-order valence-corrected chi connectivity index (χ4v) is 7.90. The molecule has 2 heterocycles. The molecule has 1 aliphatic rings. The van der Waals surface area contributed by atoms with Crippen molar-refractivity contribution in [3.05, 3.63) is 60.2 Å². The molecule has 0 amide bonds. The van der Waals surface area contributed by atoms with Gasteiger partial charge in [-0.2, -0.15) is 3.97 Å². The van der Waals surface area contributed by atoms with E-state index in [2.05, 4.69) is 33.9 Å². The molecule has 0 unspecified atom stereocenters. The highest BCUT2D eigenvalue weighted by molar-refractivity contribution is 14.1. The van der Waals surface area contributed by atoms with Crippen LogP contribution in [0.1, 0.15) is 45.6 Å². The van der Waals surface area contributed by atoms with Gasteiger partial charge >= 0.3 is 5.69 Å². The molecule has 2 aromatic heterocycles. The predicted molar refractivity (Wildman–Crippen MR) is 154 cm³/mol. The maximum absolute atomic E-state index is 15.1. The lowest BCUT2D eigenvalue weighted by Gasteiger charge is -2.36. The van der Waals surface area contributed by atoms with Crippen molar-refractivity contribution < 1.29 is 17.2 Å². The average molecular weight is 662 g/mol. The standard InChI is InChI=1S/C25H33FIN3O5SSi/c1-16-21-20(15-28(5)22(16)31)30(23(32)29(21)19-9-8-17(27)14-18(19)26)36(33,34)25(10-11-25)12-13-35-37(6,7)24(2,3)4/h8-9,14-15H,10-13H2,1-7H3. The van der Waals surface area contributed by atoms with Crippen LogP contribution in [0.4, 0.5) is 4.39 Å². The SMILES string of the molecule is Cc1c(=O)n(C)cc2c1n(-c1ccc(I)cc1F)c(=O)n2S(=O)(=O)C1(CCO[Si](C)(C)C(C)(C)C)CC1. The van der Waals surface area contributed by atoms with Crippen molar-refractivity contribution in [1.29, 1.82) is 0 Å². The molecule has 0 aliphatic heterocycles. The first-order valence-electron chi connectivity index (χ1n) is 12.1. The van der Waals surface area contributed by atoms with Gasteiger partial charge in [0.15, 0.2) is 8.32 Å². The van der Waals surface area contributed by atoms with Crippen LogP contribution in [-0.4, -0.2) is 41.2 Å². The van der Waals surface area contributed by atoms with E-state index in [4.69, 9.17) is 4.43 Å². The minimum absolute atomic E-state index is 0.0210. The Labute approximate surface area is 230 Å². The third-order valence-corrected chi connectivity index (χ3v) is 15.7. The lowest BCUT2D eigenvalue weighted by atomic mass is 10.2. The zero-order chi connectivity index (χ0) is 27.7. The maximum Gasteiger partial charge on any atom is 0.347 e. The lowest BCUT2D eigenvalue weighted by Crippen LogP contribution is -2.42. The number of pyridine rings is 1. The largest absolute Gasteiger partial charge is 0.417 e. The Hall–Kier alpha value is -1.77. The molecule has 0 spiro atoms. The second kappa shape index (κ2) is 9.16. The van der Waals surface area contributed by atoms with Crippen molar-refractivity contribution >= 4 is 52.0 Å². The number of fused-ring (bicyclic) bond motifs is 1. The van der Waals surface area contributed by atoms with Crippen molar-refractivity contribution in [2.75, 3.05) is 6.61 Å². The van der Waals surface area contributed by atoms with Crippen molar-refractivity contribution in [1.82, 2.24) is 13.1 Å². The highest BCUT2D eigenvalue weighted by Gasteiger charge is 2.56. The number of rotatable bonds is 7. The van der Waals surface area contributed by atoms with E-state index in [1.807, 2.05) is 22.6 Å². The third-order valence-electron chi connectivity index (χ3n) is 7.93. The Morgan fingerprint density at radius 2 is 1.81 bits per heavy atom. The lowest BCUT2D eigenvalue weighted by molar-refractivity contribution is 0.277. The molecule has 0 atom stereocenters. The van der Waals surface area contributed by atoms with Crippen LogP contribution in [0.3, 0.4) is 0 Å². The Kier molecular flexibility index (Phi) is 6.99. The van der Waals surface area contributed by atoms with E-state index in [-0.39, 0.29) is 40.4 Å². The molecule has 1 aliphatic carbocycles. The van der Waals surface area contributed by atoms with Gasteiger partial charge in [-0.1, -0.05) is 20.8 Å². The molecule has 0 bridgehead atoms. The third kappa shape index (κ3) is 4.57. The zero-order valence-electron chi connectivity index (χ0n) is 22.2. The monoisotopic (exact) mass is 661 g/mol. The summed E-state index contributed by atoms with van der Waals surface area (Å²) in [6.45, 7) is 12.4. The summed E-state index contributed by atoms with van der Waals surface area (Å²) >= 11 is 1.95. The van der Waals surface area contributed by atoms with Crippen LogP contribution in [0.25, 0.3) is 16.7 Å². The van der Waals surface area contributed by atoms with E-state index in [9.17, 15) is 18.0 Å². The van der Waals surface area contributed by atoms with Gasteiger partial charge in [0.05, 0.1) is 16.0 Å². The summed E-state index contributed by atoms with van der Waals surface area (Å²) in [4.78, 5) is 26.6. The van der Waals surface area contributed by atoms with Crippen molar-refractivity contribution in [3.8, 4) is 5.69 Å². The smallest absolute Gasteiger partial charge is 0.347 e. The number of aryl methyl sites for hydroxylation is 2. The first-order valence-corrected chi connectivity index (χ1v) is 17.6. The summed E-state index contributed by atoms with van der Waals surface area (Å²) in [5, 5.41) is -0.0210. The van der Waals surface area contributed by atoms with Crippen molar-refractivity contribution in [3.63, 3.8) is 0 Å². The summed E-state index contributed by atoms with van der Waals surface area (Å²) in [6, 6.07) is 4.31. The molecule has 3 aromatic rings. The molecule has 1 saturated carbocycles. The van der Waals surface area contributed by atoms with Crippen LogP contribution in [0.2, 0.25) is 18.1 Å². The van der Waals surface area contributed by atoms with Gasteiger partial charge in [0.1, 0.15) is 11.3 Å². The number of halogens is 2. The van der Waals surface area contributed by atoms with E-state index < -0.39 is 40.2 Å². The first-order chi connectivity index (χ1) is 16.9. The second-order valence-electron chi connectivity index (χ2n) is 11.4. The van der Waals surface area contributed by atoms with Gasteiger partial charge in [-0.15, -0.1) is 0 Å². The van der Waals surface area contributed by atoms with Crippen LogP contribution in [0, 0.1) is 16.3 Å². The highest BCUT2D eigenvalue weighted by Crippen LogP contribution is 2.48. The second-order valence-corrected chi connectivity index (χ2v) is 19.7. The molecule has 12 heteroatoms. The molecule has 202 valence electrons. The van der Waals surface area contributed by atoms with Crippen molar-refractivity contribution in [2.45, 2.75) is 69.8 Å². The minimum atomic E-state index is -4.21. The number of hydrogen-bond acceptors (Lipinski definition) is 5. The number of nitrogens with zero attached hydrogens (tertiary/aromatic N) is 3. The molecule has 0 radical (unpaired) electrons. The van der Waals surface area contributed by atoms with Crippen LogP contribution in [-0.2, 0) is 21.5 Å². The normalized spacial score (nSPS) is 15.9. The molecule has 1 aromatic carbocycles. The molecule has 1 fully saturated rings. The van der Waals surface area contributed by atoms with Crippen LogP contribution in [0.5, 0.6) is 0 Å². The van der Waals surface area contributed by atoms with Gasteiger partial charge in [-0.3, -0.25) is 9.36 Å². The van der Waals surface area contributed by atoms with Gasteiger partial charge in [0.25, 0.3) is 5.56 Å². The van der Waals surface area contributed by atoms with Gasteiger partial charge in [-0.05, 0) is 85.1 Å². The van der Waals surface area contributed by atoms with Crippen LogP contribution < -0.4 is 11.2 Å². The van der Waals surface area contributed by atoms with Crippen molar-refractivity contribution in [2.24, 2.45) is 7.05 Å².